The van der Waals surface area contributed by atoms with Crippen molar-refractivity contribution in [2.75, 3.05) is 13.1 Å². The molecule has 0 saturated carbocycles. The van der Waals surface area contributed by atoms with E-state index in [4.69, 9.17) is 0 Å². The maximum absolute atomic E-state index is 12.5. The van der Waals surface area contributed by atoms with E-state index in [0.717, 1.165) is 25.9 Å². The number of hydrogen-bond acceptors (Lipinski definition) is 5. The molecule has 7 nitrogen and oxygen atoms in total. The van der Waals surface area contributed by atoms with Crippen molar-refractivity contribution in [3.63, 3.8) is 0 Å². The van der Waals surface area contributed by atoms with Gasteiger partial charge in [-0.1, -0.05) is 30.3 Å². The van der Waals surface area contributed by atoms with Crippen LogP contribution in [0.2, 0.25) is 0 Å². The standard InChI is InChI=1S/C18H21N3O4S/c22-21(23)17-8-10-18(11-9-17)26(24,25)19-16-7-4-12-20(14-16)13-15-5-2-1-3-6-15/h1-3,5-6,8-11,16,19H,4,7,12-14H2. The third kappa shape index (κ3) is 4.66. The number of hydrogen-bond donors (Lipinski definition) is 1. The van der Waals surface area contributed by atoms with E-state index in [1.54, 1.807) is 0 Å². The Morgan fingerprint density at radius 2 is 1.81 bits per heavy atom. The van der Waals surface area contributed by atoms with Gasteiger partial charge in [0.25, 0.3) is 5.69 Å². The van der Waals surface area contributed by atoms with Crippen LogP contribution in [-0.2, 0) is 16.6 Å². The van der Waals surface area contributed by atoms with E-state index in [9.17, 15) is 18.5 Å². The minimum Gasteiger partial charge on any atom is -0.298 e. The molecule has 2 aromatic rings. The Bertz CT molecular complexity index is 854. The maximum atomic E-state index is 12.5. The molecule has 1 unspecified atom stereocenters. The van der Waals surface area contributed by atoms with Gasteiger partial charge in [-0.2, -0.15) is 0 Å². The van der Waals surface area contributed by atoms with Crippen molar-refractivity contribution >= 4 is 15.7 Å². The number of non-ortho nitro benzene ring substituents is 1. The number of piperidine rings is 1. The van der Waals surface area contributed by atoms with Gasteiger partial charge in [0.2, 0.25) is 10.0 Å². The molecule has 0 bridgehead atoms. The molecule has 138 valence electrons. The number of nitro groups is 1. The zero-order chi connectivity index (χ0) is 18.6. The maximum Gasteiger partial charge on any atom is 0.269 e. The Kier molecular flexibility index (Phi) is 5.65. The molecular weight excluding hydrogens is 354 g/mol. The summed E-state index contributed by atoms with van der Waals surface area (Å²) in [6, 6.07) is 14.9. The molecule has 0 aliphatic carbocycles. The molecule has 2 aromatic carbocycles. The van der Waals surface area contributed by atoms with Gasteiger partial charge in [0.1, 0.15) is 0 Å². The van der Waals surface area contributed by atoms with Crippen LogP contribution in [-0.4, -0.2) is 37.4 Å². The van der Waals surface area contributed by atoms with Crippen molar-refractivity contribution in [2.45, 2.75) is 30.3 Å². The first-order chi connectivity index (χ1) is 12.4. The molecule has 1 aliphatic rings. The fraction of sp³-hybridized carbons (Fsp3) is 0.333. The second-order valence-electron chi connectivity index (χ2n) is 6.43. The molecule has 8 heteroatoms. The molecule has 1 saturated heterocycles. The average Bonchev–Trinajstić information content (AvgIpc) is 2.62. The van der Waals surface area contributed by atoms with Crippen molar-refractivity contribution in [1.82, 2.24) is 9.62 Å². The van der Waals surface area contributed by atoms with Crippen molar-refractivity contribution in [1.29, 1.82) is 0 Å². The topological polar surface area (TPSA) is 92.5 Å². The first-order valence-corrected chi connectivity index (χ1v) is 9.95. The van der Waals surface area contributed by atoms with Gasteiger partial charge in [-0.25, -0.2) is 13.1 Å². The molecule has 0 amide bonds. The Morgan fingerprint density at radius 3 is 2.46 bits per heavy atom. The normalized spacial score (nSPS) is 18.5. The highest BCUT2D eigenvalue weighted by molar-refractivity contribution is 7.89. The van der Waals surface area contributed by atoms with Crippen molar-refractivity contribution in [3.05, 3.63) is 70.3 Å². The second kappa shape index (κ2) is 7.94. The molecule has 3 rings (SSSR count). The van der Waals surface area contributed by atoms with Crippen LogP contribution in [0.15, 0.2) is 59.5 Å². The van der Waals surface area contributed by atoms with Gasteiger partial charge < -0.3 is 0 Å². The number of benzene rings is 2. The van der Waals surface area contributed by atoms with E-state index in [2.05, 4.69) is 21.8 Å². The fourth-order valence-electron chi connectivity index (χ4n) is 3.17. The van der Waals surface area contributed by atoms with E-state index in [1.165, 1.54) is 29.8 Å². The molecule has 26 heavy (non-hydrogen) atoms. The molecule has 1 fully saturated rings. The average molecular weight is 375 g/mol. The molecular formula is C18H21N3O4S. The van der Waals surface area contributed by atoms with Crippen LogP contribution >= 0.6 is 0 Å². The quantitative estimate of drug-likeness (QED) is 0.619. The minimum absolute atomic E-state index is 0.0447. The summed E-state index contributed by atoms with van der Waals surface area (Å²) in [5, 5.41) is 10.7. The number of nitrogens with one attached hydrogen (secondary N) is 1. The second-order valence-corrected chi connectivity index (χ2v) is 8.15. The number of likely N-dealkylation sites (tertiary alicyclic amines) is 1. The zero-order valence-corrected chi connectivity index (χ0v) is 15.1. The first kappa shape index (κ1) is 18.5. The molecule has 1 N–H and O–H groups in total. The molecule has 0 spiro atoms. The summed E-state index contributed by atoms with van der Waals surface area (Å²) in [4.78, 5) is 12.4. The van der Waals surface area contributed by atoms with Gasteiger partial charge in [-0.3, -0.25) is 15.0 Å². The Morgan fingerprint density at radius 1 is 1.12 bits per heavy atom. The lowest BCUT2D eigenvalue weighted by Crippen LogP contribution is -2.47. The monoisotopic (exact) mass is 375 g/mol. The summed E-state index contributed by atoms with van der Waals surface area (Å²) in [6.07, 6.45) is 1.69. The summed E-state index contributed by atoms with van der Waals surface area (Å²) >= 11 is 0. The van der Waals surface area contributed by atoms with Crippen molar-refractivity contribution in [3.8, 4) is 0 Å². The highest BCUT2D eigenvalue weighted by Crippen LogP contribution is 2.19. The third-order valence-corrected chi connectivity index (χ3v) is 5.97. The molecule has 0 aromatic heterocycles. The van der Waals surface area contributed by atoms with E-state index >= 15 is 0 Å². The number of nitrogens with zero attached hydrogens (tertiary/aromatic N) is 2. The third-order valence-electron chi connectivity index (χ3n) is 4.43. The van der Waals surface area contributed by atoms with Gasteiger partial charge in [0, 0.05) is 31.3 Å². The summed E-state index contributed by atoms with van der Waals surface area (Å²) < 4.78 is 27.8. The summed E-state index contributed by atoms with van der Waals surface area (Å²) in [5.74, 6) is 0. The van der Waals surface area contributed by atoms with Crippen LogP contribution in [0.3, 0.4) is 0 Å². The van der Waals surface area contributed by atoms with Crippen LogP contribution in [0.4, 0.5) is 5.69 Å². The number of rotatable bonds is 6. The summed E-state index contributed by atoms with van der Waals surface area (Å²) in [7, 11) is -3.70. The summed E-state index contributed by atoms with van der Waals surface area (Å²) in [5.41, 5.74) is 1.07. The lowest BCUT2D eigenvalue weighted by Gasteiger charge is -2.33. The Hall–Kier alpha value is -2.29. The molecule has 1 atom stereocenters. The van der Waals surface area contributed by atoms with Gasteiger partial charge in [-0.15, -0.1) is 0 Å². The molecule has 1 aliphatic heterocycles. The fourth-order valence-corrected chi connectivity index (χ4v) is 4.43. The van der Waals surface area contributed by atoms with Gasteiger partial charge in [0.15, 0.2) is 0 Å². The zero-order valence-electron chi connectivity index (χ0n) is 14.2. The van der Waals surface area contributed by atoms with Gasteiger partial charge >= 0.3 is 0 Å². The lowest BCUT2D eigenvalue weighted by atomic mass is 10.1. The van der Waals surface area contributed by atoms with Crippen LogP contribution in [0.1, 0.15) is 18.4 Å². The van der Waals surface area contributed by atoms with Crippen LogP contribution in [0.5, 0.6) is 0 Å². The van der Waals surface area contributed by atoms with Crippen LogP contribution < -0.4 is 4.72 Å². The number of nitro benzene ring substituents is 1. The lowest BCUT2D eigenvalue weighted by molar-refractivity contribution is -0.384. The minimum atomic E-state index is -3.70. The summed E-state index contributed by atoms with van der Waals surface area (Å²) in [6.45, 7) is 2.36. The first-order valence-electron chi connectivity index (χ1n) is 8.47. The highest BCUT2D eigenvalue weighted by atomic mass is 32.2. The van der Waals surface area contributed by atoms with Crippen LogP contribution in [0, 0.1) is 10.1 Å². The largest absolute Gasteiger partial charge is 0.298 e. The van der Waals surface area contributed by atoms with Gasteiger partial charge in [0.05, 0.1) is 9.82 Å². The van der Waals surface area contributed by atoms with Crippen LogP contribution in [0.25, 0.3) is 0 Å². The smallest absolute Gasteiger partial charge is 0.269 e. The van der Waals surface area contributed by atoms with Gasteiger partial charge in [-0.05, 0) is 37.1 Å². The van der Waals surface area contributed by atoms with E-state index in [1.807, 2.05) is 18.2 Å². The highest BCUT2D eigenvalue weighted by Gasteiger charge is 2.25. The van der Waals surface area contributed by atoms with E-state index in [0.29, 0.717) is 6.54 Å². The number of sulfonamides is 1. The predicted octanol–water partition coefficient (Wildman–Crippen LogP) is 2.54. The molecule has 0 radical (unpaired) electrons. The Balaban J connectivity index is 1.64. The van der Waals surface area contributed by atoms with Crippen molar-refractivity contribution in [2.24, 2.45) is 0 Å². The van der Waals surface area contributed by atoms with Crippen molar-refractivity contribution < 1.29 is 13.3 Å². The van der Waals surface area contributed by atoms with E-state index < -0.39 is 14.9 Å². The Labute approximate surface area is 152 Å². The SMILES string of the molecule is O=[N+]([O-])c1ccc(S(=O)(=O)NC2CCCN(Cc3ccccc3)C2)cc1. The molecule has 1 heterocycles. The van der Waals surface area contributed by atoms with E-state index in [-0.39, 0.29) is 16.6 Å². The predicted molar refractivity (Wildman–Crippen MR) is 98.2 cm³/mol.